The number of anilines is 1. The monoisotopic (exact) mass is 451 g/mol. The van der Waals surface area contributed by atoms with Gasteiger partial charge in [0.25, 0.3) is 0 Å². The third-order valence-electron chi connectivity index (χ3n) is 6.64. The lowest BCUT2D eigenvalue weighted by Crippen LogP contribution is -2.07. The summed E-state index contributed by atoms with van der Waals surface area (Å²) in [6.45, 7) is 0. The molecule has 3 N–H and O–H groups in total. The van der Waals surface area contributed by atoms with Crippen molar-refractivity contribution in [2.45, 2.75) is 50.1 Å². The van der Waals surface area contributed by atoms with Crippen molar-refractivity contribution >= 4 is 17.0 Å². The SMILES string of the molecule is Nc1cc(C(CCC[C@@H]2CCc3ccc(C(F)(F)F)cc32)c2ccccc2)c2n[nH]nc2n1. The molecule has 4 aromatic rings. The summed E-state index contributed by atoms with van der Waals surface area (Å²) in [5.41, 5.74) is 10.7. The van der Waals surface area contributed by atoms with Crippen LogP contribution in [0.4, 0.5) is 19.0 Å². The van der Waals surface area contributed by atoms with E-state index in [9.17, 15) is 13.2 Å². The summed E-state index contributed by atoms with van der Waals surface area (Å²) in [5, 5.41) is 11.0. The zero-order valence-corrected chi connectivity index (χ0v) is 17.9. The average Bonchev–Trinajstić information content (AvgIpc) is 3.43. The number of nitrogens with one attached hydrogen (secondary N) is 1. The number of aromatic amines is 1. The van der Waals surface area contributed by atoms with Crippen LogP contribution in [0, 0.1) is 0 Å². The van der Waals surface area contributed by atoms with Crippen LogP contribution >= 0.6 is 0 Å². The molecule has 0 saturated carbocycles. The first-order valence-electron chi connectivity index (χ1n) is 11.1. The van der Waals surface area contributed by atoms with Crippen LogP contribution in [0.5, 0.6) is 0 Å². The number of hydrogen-bond donors (Lipinski definition) is 2. The van der Waals surface area contributed by atoms with Crippen LogP contribution in [0.2, 0.25) is 0 Å². The summed E-state index contributed by atoms with van der Waals surface area (Å²) >= 11 is 0. The van der Waals surface area contributed by atoms with Gasteiger partial charge in [0.2, 0.25) is 5.65 Å². The Hall–Kier alpha value is -3.42. The van der Waals surface area contributed by atoms with Gasteiger partial charge < -0.3 is 5.73 Å². The van der Waals surface area contributed by atoms with Crippen LogP contribution in [0.1, 0.15) is 65.3 Å². The molecule has 2 atom stereocenters. The van der Waals surface area contributed by atoms with E-state index in [0.29, 0.717) is 17.0 Å². The number of nitrogens with zero attached hydrogens (tertiary/aromatic N) is 3. The van der Waals surface area contributed by atoms with E-state index >= 15 is 0 Å². The van der Waals surface area contributed by atoms with Crippen LogP contribution in [-0.4, -0.2) is 20.4 Å². The van der Waals surface area contributed by atoms with E-state index in [4.69, 9.17) is 5.73 Å². The summed E-state index contributed by atoms with van der Waals surface area (Å²) in [6, 6.07) is 16.2. The fourth-order valence-electron chi connectivity index (χ4n) is 5.06. The fourth-order valence-corrected chi connectivity index (χ4v) is 5.06. The lowest BCUT2D eigenvalue weighted by atomic mass is 9.85. The Bertz CT molecular complexity index is 1270. The van der Waals surface area contributed by atoms with Crippen LogP contribution in [0.25, 0.3) is 11.2 Å². The van der Waals surface area contributed by atoms with Gasteiger partial charge >= 0.3 is 6.18 Å². The Morgan fingerprint density at radius 3 is 2.67 bits per heavy atom. The first-order valence-corrected chi connectivity index (χ1v) is 11.1. The highest BCUT2D eigenvalue weighted by molar-refractivity contribution is 5.77. The van der Waals surface area contributed by atoms with Crippen molar-refractivity contribution < 1.29 is 13.2 Å². The van der Waals surface area contributed by atoms with Gasteiger partial charge in [-0.05, 0) is 72.1 Å². The van der Waals surface area contributed by atoms with Crippen molar-refractivity contribution in [1.82, 2.24) is 20.4 Å². The number of aryl methyl sites for hydroxylation is 1. The van der Waals surface area contributed by atoms with E-state index in [0.717, 1.165) is 54.4 Å². The Kier molecular flexibility index (Phi) is 5.52. The molecular formula is C25H24F3N5. The zero-order chi connectivity index (χ0) is 23.0. The number of nitrogen functional groups attached to an aromatic ring is 1. The molecule has 2 heterocycles. The van der Waals surface area contributed by atoms with Crippen molar-refractivity contribution in [2.75, 3.05) is 5.73 Å². The third-order valence-corrected chi connectivity index (χ3v) is 6.64. The van der Waals surface area contributed by atoms with E-state index < -0.39 is 11.7 Å². The van der Waals surface area contributed by atoms with E-state index in [-0.39, 0.29) is 11.8 Å². The maximum absolute atomic E-state index is 13.2. The maximum Gasteiger partial charge on any atom is 0.416 e. The molecule has 1 aliphatic carbocycles. The Labute approximate surface area is 189 Å². The summed E-state index contributed by atoms with van der Waals surface area (Å²) in [5.74, 6) is 0.566. The molecule has 0 amide bonds. The zero-order valence-electron chi connectivity index (χ0n) is 17.9. The van der Waals surface area contributed by atoms with Gasteiger partial charge in [0.15, 0.2) is 0 Å². The topological polar surface area (TPSA) is 80.5 Å². The minimum atomic E-state index is -4.31. The number of halogens is 3. The lowest BCUT2D eigenvalue weighted by Gasteiger charge is -2.20. The van der Waals surface area contributed by atoms with Gasteiger partial charge in [-0.2, -0.15) is 23.5 Å². The number of fused-ring (bicyclic) bond motifs is 2. The molecule has 1 aliphatic rings. The summed E-state index contributed by atoms with van der Waals surface area (Å²) in [7, 11) is 0. The highest BCUT2D eigenvalue weighted by Crippen LogP contribution is 2.41. The summed E-state index contributed by atoms with van der Waals surface area (Å²) < 4.78 is 39.7. The smallest absolute Gasteiger partial charge is 0.384 e. The molecule has 0 spiro atoms. The molecule has 5 nitrogen and oxygen atoms in total. The molecule has 2 aromatic heterocycles. The molecule has 33 heavy (non-hydrogen) atoms. The average molecular weight is 451 g/mol. The van der Waals surface area contributed by atoms with Crippen LogP contribution in [0.3, 0.4) is 0 Å². The van der Waals surface area contributed by atoms with Gasteiger partial charge in [0.1, 0.15) is 11.3 Å². The van der Waals surface area contributed by atoms with Gasteiger partial charge in [0, 0.05) is 5.92 Å². The van der Waals surface area contributed by atoms with Crippen LogP contribution in [0.15, 0.2) is 54.6 Å². The molecule has 0 aliphatic heterocycles. The normalized spacial score (nSPS) is 16.8. The molecule has 5 rings (SSSR count). The van der Waals surface area contributed by atoms with Gasteiger partial charge in [0.05, 0.1) is 5.56 Å². The number of H-pyrrole nitrogens is 1. The predicted molar refractivity (Wildman–Crippen MR) is 121 cm³/mol. The molecule has 170 valence electrons. The highest BCUT2D eigenvalue weighted by atomic mass is 19.4. The number of hydrogen-bond acceptors (Lipinski definition) is 4. The first-order chi connectivity index (χ1) is 15.9. The second kappa shape index (κ2) is 8.50. The number of aromatic nitrogens is 4. The Morgan fingerprint density at radius 1 is 1.06 bits per heavy atom. The predicted octanol–water partition coefficient (Wildman–Crippen LogP) is 5.99. The van der Waals surface area contributed by atoms with Crippen molar-refractivity contribution in [3.63, 3.8) is 0 Å². The lowest BCUT2D eigenvalue weighted by molar-refractivity contribution is -0.137. The minimum absolute atomic E-state index is 0.0338. The summed E-state index contributed by atoms with van der Waals surface area (Å²) in [6.07, 6.45) is -0.0736. The van der Waals surface area contributed by atoms with Crippen molar-refractivity contribution in [2.24, 2.45) is 0 Å². The van der Waals surface area contributed by atoms with Gasteiger partial charge in [-0.1, -0.05) is 42.8 Å². The molecule has 0 fully saturated rings. The maximum atomic E-state index is 13.2. The number of alkyl halides is 3. The van der Waals surface area contributed by atoms with E-state index in [2.05, 4.69) is 32.5 Å². The molecule has 0 saturated heterocycles. The second-order valence-electron chi connectivity index (χ2n) is 8.67. The van der Waals surface area contributed by atoms with Gasteiger partial charge in [-0.15, -0.1) is 5.10 Å². The van der Waals surface area contributed by atoms with Crippen LogP contribution in [-0.2, 0) is 12.6 Å². The molecule has 0 radical (unpaired) electrons. The van der Waals surface area contributed by atoms with E-state index in [1.165, 1.54) is 12.1 Å². The number of nitrogens with two attached hydrogens (primary N) is 1. The molecule has 2 aromatic carbocycles. The van der Waals surface area contributed by atoms with Gasteiger partial charge in [-0.3, -0.25) is 0 Å². The first kappa shape index (κ1) is 21.4. The van der Waals surface area contributed by atoms with Crippen LogP contribution < -0.4 is 5.73 Å². The van der Waals surface area contributed by atoms with E-state index in [1.54, 1.807) is 6.07 Å². The van der Waals surface area contributed by atoms with Crippen molar-refractivity contribution in [1.29, 1.82) is 0 Å². The Morgan fingerprint density at radius 2 is 1.88 bits per heavy atom. The molecular weight excluding hydrogens is 427 g/mol. The van der Waals surface area contributed by atoms with Crippen molar-refractivity contribution in [3.8, 4) is 0 Å². The van der Waals surface area contributed by atoms with Gasteiger partial charge in [-0.25, -0.2) is 4.98 Å². The summed E-state index contributed by atoms with van der Waals surface area (Å²) in [4.78, 5) is 4.25. The molecule has 8 heteroatoms. The van der Waals surface area contributed by atoms with Crippen molar-refractivity contribution in [3.05, 3.63) is 82.4 Å². The quantitative estimate of drug-likeness (QED) is 0.378. The third kappa shape index (κ3) is 4.29. The second-order valence-corrected chi connectivity index (χ2v) is 8.67. The molecule has 1 unspecified atom stereocenters. The number of rotatable bonds is 6. The minimum Gasteiger partial charge on any atom is -0.384 e. The fraction of sp³-hybridized carbons (Fsp3) is 0.320. The number of benzene rings is 2. The Balaban J connectivity index is 1.39. The molecule has 0 bridgehead atoms. The highest BCUT2D eigenvalue weighted by Gasteiger charge is 2.33. The largest absolute Gasteiger partial charge is 0.416 e. The standard InChI is InChI=1S/C25H24F3N5/c26-25(27,28)18-12-11-17-10-9-16(20(17)13-18)7-4-8-19(15-5-2-1-3-6-15)21-14-22(29)30-24-23(21)31-33-32-24/h1-3,5-6,11-14,16,19H,4,7-10H2,(H3,29,30,31,32,33)/t16-,19?/m1/s1. The number of pyridine rings is 1. The van der Waals surface area contributed by atoms with E-state index in [1.807, 2.05) is 24.3 Å².